The van der Waals surface area contributed by atoms with Crippen LogP contribution in [0.5, 0.6) is 0 Å². The summed E-state index contributed by atoms with van der Waals surface area (Å²) in [4.78, 5) is 12.7. The molecule has 17 heavy (non-hydrogen) atoms. The van der Waals surface area contributed by atoms with Gasteiger partial charge in [0.2, 0.25) is 0 Å². The molecule has 0 aromatic rings. The summed E-state index contributed by atoms with van der Waals surface area (Å²) >= 11 is 0. The Balaban J connectivity index is 2.25. The Hall–Kier alpha value is -0.780. The lowest BCUT2D eigenvalue weighted by Crippen LogP contribution is -2.32. The lowest BCUT2D eigenvalue weighted by Gasteiger charge is -2.24. The van der Waals surface area contributed by atoms with Crippen molar-refractivity contribution in [3.8, 4) is 0 Å². The van der Waals surface area contributed by atoms with Crippen LogP contribution in [0.1, 0.15) is 32.6 Å². The molecule has 0 amide bonds. The SMILES string of the molecule is CC(CCCC(F)(F)F)N1CCC(C(=O)O)C1. The van der Waals surface area contributed by atoms with Crippen LogP contribution in [0.25, 0.3) is 0 Å². The van der Waals surface area contributed by atoms with E-state index in [4.69, 9.17) is 5.11 Å². The van der Waals surface area contributed by atoms with Crippen LogP contribution in [0, 0.1) is 5.92 Å². The third kappa shape index (κ3) is 4.93. The molecule has 6 heteroatoms. The molecule has 0 aromatic carbocycles. The minimum atomic E-state index is -4.09. The zero-order chi connectivity index (χ0) is 13.1. The summed E-state index contributed by atoms with van der Waals surface area (Å²) in [7, 11) is 0. The maximum atomic E-state index is 12.0. The molecular weight excluding hydrogens is 235 g/mol. The minimum absolute atomic E-state index is 0.0294. The number of alkyl halides is 3. The molecule has 0 saturated carbocycles. The molecule has 3 nitrogen and oxygen atoms in total. The lowest BCUT2D eigenvalue weighted by molar-refractivity contribution is -0.141. The van der Waals surface area contributed by atoms with Crippen LogP contribution in [0.4, 0.5) is 13.2 Å². The van der Waals surface area contributed by atoms with Crippen LogP contribution in [-0.4, -0.2) is 41.3 Å². The lowest BCUT2D eigenvalue weighted by atomic mass is 10.1. The first kappa shape index (κ1) is 14.3. The number of carboxylic acid groups (broad SMARTS) is 1. The quantitative estimate of drug-likeness (QED) is 0.818. The highest BCUT2D eigenvalue weighted by atomic mass is 19.4. The fourth-order valence-electron chi connectivity index (χ4n) is 2.17. The second-order valence-electron chi connectivity index (χ2n) is 4.68. The topological polar surface area (TPSA) is 40.5 Å². The van der Waals surface area contributed by atoms with Crippen LogP contribution >= 0.6 is 0 Å². The first-order valence-electron chi connectivity index (χ1n) is 5.83. The molecule has 0 aliphatic carbocycles. The summed E-state index contributed by atoms with van der Waals surface area (Å²) in [6.07, 6.45) is -3.68. The molecule has 2 atom stereocenters. The van der Waals surface area contributed by atoms with Crippen molar-refractivity contribution in [1.82, 2.24) is 4.90 Å². The van der Waals surface area contributed by atoms with Crippen molar-refractivity contribution < 1.29 is 23.1 Å². The molecular formula is C11H18F3NO2. The van der Waals surface area contributed by atoms with E-state index < -0.39 is 18.6 Å². The van der Waals surface area contributed by atoms with Crippen molar-refractivity contribution in [3.63, 3.8) is 0 Å². The molecule has 0 bridgehead atoms. The molecule has 1 rings (SSSR count). The molecule has 2 unspecified atom stereocenters. The fraction of sp³-hybridized carbons (Fsp3) is 0.909. The number of carboxylic acids is 1. The van der Waals surface area contributed by atoms with Gasteiger partial charge in [0, 0.05) is 19.0 Å². The molecule has 0 aromatic heterocycles. The van der Waals surface area contributed by atoms with Gasteiger partial charge in [0.1, 0.15) is 0 Å². The van der Waals surface area contributed by atoms with Crippen LogP contribution < -0.4 is 0 Å². The molecule has 1 aliphatic heterocycles. The predicted molar refractivity (Wildman–Crippen MR) is 56.7 cm³/mol. The predicted octanol–water partition coefficient (Wildman–Crippen LogP) is 2.51. The summed E-state index contributed by atoms with van der Waals surface area (Å²) < 4.78 is 35.9. The number of aliphatic carboxylic acids is 1. The Morgan fingerprint density at radius 3 is 2.65 bits per heavy atom. The van der Waals surface area contributed by atoms with Crippen LogP contribution in [0.2, 0.25) is 0 Å². The van der Waals surface area contributed by atoms with Gasteiger partial charge in [-0.15, -0.1) is 0 Å². The van der Waals surface area contributed by atoms with E-state index in [2.05, 4.69) is 0 Å². The largest absolute Gasteiger partial charge is 0.481 e. The summed E-state index contributed by atoms with van der Waals surface area (Å²) in [5.74, 6) is -1.17. The van der Waals surface area contributed by atoms with Gasteiger partial charge in [-0.2, -0.15) is 13.2 Å². The van der Waals surface area contributed by atoms with Gasteiger partial charge in [-0.1, -0.05) is 0 Å². The number of hydrogen-bond donors (Lipinski definition) is 1. The first-order chi connectivity index (χ1) is 7.79. The van der Waals surface area contributed by atoms with Gasteiger partial charge in [-0.25, -0.2) is 0 Å². The van der Waals surface area contributed by atoms with Crippen molar-refractivity contribution in [2.45, 2.75) is 44.8 Å². The minimum Gasteiger partial charge on any atom is -0.481 e. The van der Waals surface area contributed by atoms with Gasteiger partial charge in [0.25, 0.3) is 0 Å². The second kappa shape index (κ2) is 5.71. The zero-order valence-electron chi connectivity index (χ0n) is 9.83. The molecule has 100 valence electrons. The molecule has 0 spiro atoms. The number of carbonyl (C=O) groups is 1. The van der Waals surface area contributed by atoms with E-state index in [-0.39, 0.29) is 18.4 Å². The number of rotatable bonds is 5. The van der Waals surface area contributed by atoms with E-state index in [1.807, 2.05) is 11.8 Å². The van der Waals surface area contributed by atoms with Gasteiger partial charge in [0.15, 0.2) is 0 Å². The van der Waals surface area contributed by atoms with Gasteiger partial charge in [-0.3, -0.25) is 9.69 Å². The van der Waals surface area contributed by atoms with Gasteiger partial charge < -0.3 is 5.11 Å². The van der Waals surface area contributed by atoms with E-state index in [0.717, 1.165) is 0 Å². The molecule has 1 aliphatic rings. The van der Waals surface area contributed by atoms with Gasteiger partial charge in [-0.05, 0) is 32.7 Å². The highest BCUT2D eigenvalue weighted by Gasteiger charge is 2.31. The Bertz CT molecular complexity index is 268. The van der Waals surface area contributed by atoms with E-state index in [1.165, 1.54) is 0 Å². The Labute approximate surface area is 98.6 Å². The van der Waals surface area contributed by atoms with Crippen molar-refractivity contribution in [2.24, 2.45) is 5.92 Å². The number of halogens is 3. The summed E-state index contributed by atoms with van der Waals surface area (Å²) in [5, 5.41) is 8.82. The number of hydrogen-bond acceptors (Lipinski definition) is 2. The Morgan fingerprint density at radius 1 is 1.53 bits per heavy atom. The number of likely N-dealkylation sites (tertiary alicyclic amines) is 1. The third-order valence-electron chi connectivity index (χ3n) is 3.27. The standard InChI is InChI=1S/C11H18F3NO2/c1-8(3-2-5-11(12,13)14)15-6-4-9(7-15)10(16)17/h8-9H,2-7H2,1H3,(H,16,17). The van der Waals surface area contributed by atoms with E-state index in [0.29, 0.717) is 25.9 Å². The molecule has 1 N–H and O–H groups in total. The molecule has 1 saturated heterocycles. The maximum absolute atomic E-state index is 12.0. The third-order valence-corrected chi connectivity index (χ3v) is 3.27. The molecule has 1 fully saturated rings. The normalized spacial score (nSPS) is 23.9. The maximum Gasteiger partial charge on any atom is 0.389 e. The average molecular weight is 253 g/mol. The van der Waals surface area contributed by atoms with Crippen LogP contribution in [0.3, 0.4) is 0 Å². The first-order valence-corrected chi connectivity index (χ1v) is 5.83. The highest BCUT2D eigenvalue weighted by Crippen LogP contribution is 2.25. The zero-order valence-corrected chi connectivity index (χ0v) is 9.83. The summed E-state index contributed by atoms with van der Waals surface area (Å²) in [6.45, 7) is 2.99. The smallest absolute Gasteiger partial charge is 0.389 e. The van der Waals surface area contributed by atoms with E-state index in [1.54, 1.807) is 0 Å². The fourth-order valence-corrected chi connectivity index (χ4v) is 2.17. The molecule has 1 heterocycles. The Morgan fingerprint density at radius 2 is 2.18 bits per heavy atom. The van der Waals surface area contributed by atoms with E-state index >= 15 is 0 Å². The van der Waals surface area contributed by atoms with Crippen LogP contribution in [-0.2, 0) is 4.79 Å². The van der Waals surface area contributed by atoms with Crippen molar-refractivity contribution in [2.75, 3.05) is 13.1 Å². The van der Waals surface area contributed by atoms with Crippen molar-refractivity contribution in [1.29, 1.82) is 0 Å². The molecule has 0 radical (unpaired) electrons. The monoisotopic (exact) mass is 253 g/mol. The van der Waals surface area contributed by atoms with Gasteiger partial charge >= 0.3 is 12.1 Å². The van der Waals surface area contributed by atoms with Crippen LogP contribution in [0.15, 0.2) is 0 Å². The summed E-state index contributed by atoms with van der Waals surface area (Å²) in [6, 6.07) is 0.0294. The summed E-state index contributed by atoms with van der Waals surface area (Å²) in [5.41, 5.74) is 0. The number of nitrogens with zero attached hydrogens (tertiary/aromatic N) is 1. The van der Waals surface area contributed by atoms with Crippen molar-refractivity contribution in [3.05, 3.63) is 0 Å². The van der Waals surface area contributed by atoms with Gasteiger partial charge in [0.05, 0.1) is 5.92 Å². The second-order valence-corrected chi connectivity index (χ2v) is 4.68. The van der Waals surface area contributed by atoms with Crippen molar-refractivity contribution >= 4 is 5.97 Å². The Kier molecular flexibility index (Phi) is 4.80. The average Bonchev–Trinajstić information content (AvgIpc) is 2.63. The van der Waals surface area contributed by atoms with E-state index in [9.17, 15) is 18.0 Å². The highest BCUT2D eigenvalue weighted by molar-refractivity contribution is 5.70.